The lowest BCUT2D eigenvalue weighted by atomic mass is 10.1. The summed E-state index contributed by atoms with van der Waals surface area (Å²) in [5, 5.41) is 0. The molecule has 2 aromatic rings. The Morgan fingerprint density at radius 1 is 1.12 bits per heavy atom. The van der Waals surface area contributed by atoms with E-state index in [4.69, 9.17) is 4.74 Å². The Balaban J connectivity index is 1.68. The predicted octanol–water partition coefficient (Wildman–Crippen LogP) is 2.15. The van der Waals surface area contributed by atoms with Gasteiger partial charge in [0, 0.05) is 44.3 Å². The Kier molecular flexibility index (Phi) is 4.93. The average molecular weight is 326 g/mol. The van der Waals surface area contributed by atoms with Crippen LogP contribution < -0.4 is 9.64 Å². The van der Waals surface area contributed by atoms with Gasteiger partial charge in [0.2, 0.25) is 0 Å². The second-order valence-electron chi connectivity index (χ2n) is 5.67. The average Bonchev–Trinajstić information content (AvgIpc) is 2.63. The number of aryl methyl sites for hydroxylation is 1. The third-order valence-electron chi connectivity index (χ3n) is 4.15. The molecule has 0 aromatic carbocycles. The number of amides is 1. The maximum atomic E-state index is 12.7. The number of carbonyl (C=O) groups is 1. The van der Waals surface area contributed by atoms with Crippen molar-refractivity contribution in [3.63, 3.8) is 0 Å². The molecule has 1 fully saturated rings. The zero-order valence-electron chi connectivity index (χ0n) is 14.1. The maximum Gasteiger partial charge on any atom is 0.255 e. The Morgan fingerprint density at radius 3 is 2.54 bits per heavy atom. The fourth-order valence-electron chi connectivity index (χ4n) is 2.89. The van der Waals surface area contributed by atoms with Gasteiger partial charge in [0.25, 0.3) is 5.91 Å². The van der Waals surface area contributed by atoms with Crippen molar-refractivity contribution in [1.82, 2.24) is 14.9 Å². The number of piperazine rings is 1. The number of hydrogen-bond acceptors (Lipinski definition) is 5. The SMILES string of the molecule is CCOc1cccnc1N1CCN(C(=O)c2cccnc2C)CC1. The van der Waals surface area contributed by atoms with Crippen LogP contribution in [0.25, 0.3) is 0 Å². The molecule has 0 aliphatic carbocycles. The summed E-state index contributed by atoms with van der Waals surface area (Å²) in [4.78, 5) is 25.4. The molecule has 2 aromatic heterocycles. The van der Waals surface area contributed by atoms with Crippen molar-refractivity contribution in [2.75, 3.05) is 37.7 Å². The van der Waals surface area contributed by atoms with Gasteiger partial charge < -0.3 is 14.5 Å². The van der Waals surface area contributed by atoms with E-state index in [0.717, 1.165) is 30.4 Å². The Hall–Kier alpha value is -2.63. The molecule has 0 spiro atoms. The molecular formula is C18H22N4O2. The molecule has 0 radical (unpaired) electrons. The number of hydrogen-bond donors (Lipinski definition) is 0. The van der Waals surface area contributed by atoms with Crippen LogP contribution in [0.4, 0.5) is 5.82 Å². The van der Waals surface area contributed by atoms with E-state index in [2.05, 4.69) is 14.9 Å². The molecule has 3 rings (SSSR count). The molecular weight excluding hydrogens is 304 g/mol. The Bertz CT molecular complexity index is 712. The number of anilines is 1. The van der Waals surface area contributed by atoms with Gasteiger partial charge in [0.15, 0.2) is 11.6 Å². The fourth-order valence-corrected chi connectivity index (χ4v) is 2.89. The molecule has 0 atom stereocenters. The van der Waals surface area contributed by atoms with Crippen molar-refractivity contribution in [2.24, 2.45) is 0 Å². The van der Waals surface area contributed by atoms with Gasteiger partial charge >= 0.3 is 0 Å². The minimum Gasteiger partial charge on any atom is -0.490 e. The number of nitrogens with zero attached hydrogens (tertiary/aromatic N) is 4. The highest BCUT2D eigenvalue weighted by atomic mass is 16.5. The molecule has 1 aliphatic rings. The van der Waals surface area contributed by atoms with Crippen LogP contribution in [0.1, 0.15) is 23.0 Å². The van der Waals surface area contributed by atoms with Gasteiger partial charge in [-0.1, -0.05) is 0 Å². The van der Waals surface area contributed by atoms with Gasteiger partial charge in [-0.2, -0.15) is 0 Å². The summed E-state index contributed by atoms with van der Waals surface area (Å²) in [6.45, 7) is 7.24. The quantitative estimate of drug-likeness (QED) is 0.861. The number of rotatable bonds is 4. The highest BCUT2D eigenvalue weighted by Gasteiger charge is 2.25. The van der Waals surface area contributed by atoms with Crippen molar-refractivity contribution in [3.05, 3.63) is 47.9 Å². The maximum absolute atomic E-state index is 12.7. The first kappa shape index (κ1) is 16.2. The Morgan fingerprint density at radius 2 is 1.83 bits per heavy atom. The summed E-state index contributed by atoms with van der Waals surface area (Å²) in [6, 6.07) is 7.45. The topological polar surface area (TPSA) is 58.6 Å². The van der Waals surface area contributed by atoms with Crippen LogP contribution >= 0.6 is 0 Å². The van der Waals surface area contributed by atoms with Crippen LogP contribution in [0.2, 0.25) is 0 Å². The van der Waals surface area contributed by atoms with E-state index in [0.29, 0.717) is 25.3 Å². The highest BCUT2D eigenvalue weighted by molar-refractivity contribution is 5.95. The van der Waals surface area contributed by atoms with E-state index in [9.17, 15) is 4.79 Å². The lowest BCUT2D eigenvalue weighted by Gasteiger charge is -2.36. The predicted molar refractivity (Wildman–Crippen MR) is 92.5 cm³/mol. The van der Waals surface area contributed by atoms with Gasteiger partial charge in [-0.05, 0) is 38.1 Å². The monoisotopic (exact) mass is 326 g/mol. The number of carbonyl (C=O) groups excluding carboxylic acids is 1. The second-order valence-corrected chi connectivity index (χ2v) is 5.67. The lowest BCUT2D eigenvalue weighted by Crippen LogP contribution is -2.49. The Labute approximate surface area is 142 Å². The van der Waals surface area contributed by atoms with Crippen LogP contribution in [-0.2, 0) is 0 Å². The molecule has 0 N–H and O–H groups in total. The van der Waals surface area contributed by atoms with E-state index in [1.165, 1.54) is 0 Å². The summed E-state index contributed by atoms with van der Waals surface area (Å²) in [7, 11) is 0. The van der Waals surface area contributed by atoms with Gasteiger partial charge in [-0.3, -0.25) is 9.78 Å². The highest BCUT2D eigenvalue weighted by Crippen LogP contribution is 2.26. The summed E-state index contributed by atoms with van der Waals surface area (Å²) < 4.78 is 5.66. The standard InChI is InChI=1S/C18H22N4O2/c1-3-24-16-7-5-9-20-17(16)21-10-12-22(13-11-21)18(23)15-6-4-8-19-14(15)2/h4-9H,3,10-13H2,1-2H3. The van der Waals surface area contributed by atoms with Gasteiger partial charge in [0.1, 0.15) is 0 Å². The zero-order valence-corrected chi connectivity index (χ0v) is 14.1. The van der Waals surface area contributed by atoms with Gasteiger partial charge in [-0.25, -0.2) is 4.98 Å². The molecule has 1 amide bonds. The van der Waals surface area contributed by atoms with Gasteiger partial charge in [-0.15, -0.1) is 0 Å². The van der Waals surface area contributed by atoms with Crippen molar-refractivity contribution >= 4 is 11.7 Å². The van der Waals surface area contributed by atoms with Crippen LogP contribution in [0.15, 0.2) is 36.7 Å². The normalized spacial score (nSPS) is 14.6. The van der Waals surface area contributed by atoms with Crippen molar-refractivity contribution in [3.8, 4) is 5.75 Å². The van der Waals surface area contributed by atoms with Crippen molar-refractivity contribution in [2.45, 2.75) is 13.8 Å². The smallest absolute Gasteiger partial charge is 0.255 e. The molecule has 0 unspecified atom stereocenters. The van der Waals surface area contributed by atoms with Crippen LogP contribution in [0.5, 0.6) is 5.75 Å². The first-order valence-electron chi connectivity index (χ1n) is 8.24. The van der Waals surface area contributed by atoms with Crippen LogP contribution in [-0.4, -0.2) is 53.6 Å². The first-order valence-corrected chi connectivity index (χ1v) is 8.24. The van der Waals surface area contributed by atoms with Crippen molar-refractivity contribution < 1.29 is 9.53 Å². The van der Waals surface area contributed by atoms with E-state index in [-0.39, 0.29) is 5.91 Å². The number of aromatic nitrogens is 2. The molecule has 0 bridgehead atoms. The molecule has 3 heterocycles. The molecule has 0 saturated carbocycles. The van der Waals surface area contributed by atoms with E-state index in [1.807, 2.05) is 36.9 Å². The molecule has 6 nitrogen and oxygen atoms in total. The molecule has 24 heavy (non-hydrogen) atoms. The summed E-state index contributed by atoms with van der Waals surface area (Å²) >= 11 is 0. The van der Waals surface area contributed by atoms with E-state index < -0.39 is 0 Å². The third kappa shape index (κ3) is 3.32. The minimum atomic E-state index is 0.0475. The van der Waals surface area contributed by atoms with Crippen molar-refractivity contribution in [1.29, 1.82) is 0 Å². The largest absolute Gasteiger partial charge is 0.490 e. The van der Waals surface area contributed by atoms with Gasteiger partial charge in [0.05, 0.1) is 12.2 Å². The lowest BCUT2D eigenvalue weighted by molar-refractivity contribution is 0.0745. The number of ether oxygens (including phenoxy) is 1. The molecule has 126 valence electrons. The van der Waals surface area contributed by atoms with E-state index >= 15 is 0 Å². The third-order valence-corrected chi connectivity index (χ3v) is 4.15. The van der Waals surface area contributed by atoms with E-state index in [1.54, 1.807) is 18.5 Å². The second kappa shape index (κ2) is 7.29. The molecule has 6 heteroatoms. The molecule has 1 aliphatic heterocycles. The summed E-state index contributed by atoms with van der Waals surface area (Å²) in [5.74, 6) is 1.69. The van der Waals surface area contributed by atoms with Crippen LogP contribution in [0.3, 0.4) is 0 Å². The fraction of sp³-hybridized carbons (Fsp3) is 0.389. The first-order chi connectivity index (χ1) is 11.7. The zero-order chi connectivity index (χ0) is 16.9. The molecule has 1 saturated heterocycles. The summed E-state index contributed by atoms with van der Waals surface area (Å²) in [6.07, 6.45) is 3.48. The minimum absolute atomic E-state index is 0.0475. The number of pyridine rings is 2. The van der Waals surface area contributed by atoms with Crippen LogP contribution in [0, 0.1) is 6.92 Å². The summed E-state index contributed by atoms with van der Waals surface area (Å²) in [5.41, 5.74) is 1.45.